The molecule has 110 valence electrons. The molecule has 0 saturated heterocycles. The zero-order valence-electron chi connectivity index (χ0n) is 12.1. The molecule has 0 aliphatic heterocycles. The third-order valence-electron chi connectivity index (χ3n) is 6.35. The molecule has 4 nitrogen and oxygen atoms in total. The maximum absolute atomic E-state index is 12.8. The first-order chi connectivity index (χ1) is 9.35. The van der Waals surface area contributed by atoms with Gasteiger partial charge in [0.2, 0.25) is 5.91 Å². The molecule has 2 N–H and O–H groups in total. The van der Waals surface area contributed by atoms with Crippen molar-refractivity contribution in [3.05, 3.63) is 0 Å². The number of amides is 1. The Morgan fingerprint density at radius 3 is 2.15 bits per heavy atom. The smallest absolute Gasteiger partial charge is 0.329 e. The molecule has 2 atom stereocenters. The summed E-state index contributed by atoms with van der Waals surface area (Å²) in [5.41, 5.74) is -0.868. The second kappa shape index (κ2) is 3.58. The van der Waals surface area contributed by atoms with E-state index < -0.39 is 11.5 Å². The first kappa shape index (κ1) is 12.7. The zero-order chi connectivity index (χ0) is 14.2. The molecular weight excluding hydrogens is 254 g/mol. The summed E-state index contributed by atoms with van der Waals surface area (Å²) < 4.78 is 0. The van der Waals surface area contributed by atoms with Gasteiger partial charge in [0, 0.05) is 0 Å². The lowest BCUT2D eigenvalue weighted by Gasteiger charge is -2.60. The molecule has 4 bridgehead atoms. The molecule has 5 fully saturated rings. The van der Waals surface area contributed by atoms with Crippen LogP contribution in [0.1, 0.15) is 58.3 Å². The van der Waals surface area contributed by atoms with E-state index in [0.29, 0.717) is 30.1 Å². The monoisotopic (exact) mass is 277 g/mol. The molecule has 20 heavy (non-hydrogen) atoms. The van der Waals surface area contributed by atoms with E-state index in [0.717, 1.165) is 19.3 Å². The Bertz CT molecular complexity index is 480. The second-order valence-corrected chi connectivity index (χ2v) is 8.39. The lowest BCUT2D eigenvalue weighted by Crippen LogP contribution is -2.59. The van der Waals surface area contributed by atoms with E-state index in [2.05, 4.69) is 12.2 Å². The highest BCUT2D eigenvalue weighted by atomic mass is 16.4. The van der Waals surface area contributed by atoms with Crippen LogP contribution in [-0.4, -0.2) is 22.5 Å². The van der Waals surface area contributed by atoms with E-state index in [-0.39, 0.29) is 11.3 Å². The molecule has 0 aromatic rings. The second-order valence-electron chi connectivity index (χ2n) is 8.39. The van der Waals surface area contributed by atoms with Gasteiger partial charge in [0.15, 0.2) is 0 Å². The summed E-state index contributed by atoms with van der Waals surface area (Å²) in [6.45, 7) is 2.33. The Balaban J connectivity index is 1.58. The largest absolute Gasteiger partial charge is 0.480 e. The number of aliphatic carboxylic acids is 1. The van der Waals surface area contributed by atoms with Crippen LogP contribution in [0.5, 0.6) is 0 Å². The van der Waals surface area contributed by atoms with Crippen LogP contribution in [-0.2, 0) is 9.59 Å². The molecule has 0 heterocycles. The topological polar surface area (TPSA) is 66.4 Å². The van der Waals surface area contributed by atoms with Crippen molar-refractivity contribution in [3.63, 3.8) is 0 Å². The minimum atomic E-state index is -0.929. The van der Waals surface area contributed by atoms with Gasteiger partial charge in [-0.05, 0) is 68.6 Å². The van der Waals surface area contributed by atoms with Crippen LogP contribution in [0.4, 0.5) is 0 Å². The van der Waals surface area contributed by atoms with Gasteiger partial charge in [0.1, 0.15) is 5.54 Å². The predicted octanol–water partition coefficient (Wildman–Crippen LogP) is 2.33. The van der Waals surface area contributed by atoms with Gasteiger partial charge in [-0.1, -0.05) is 6.92 Å². The van der Waals surface area contributed by atoms with Crippen molar-refractivity contribution >= 4 is 11.9 Å². The Kier molecular flexibility index (Phi) is 2.26. The molecule has 4 heteroatoms. The maximum atomic E-state index is 12.8. The van der Waals surface area contributed by atoms with Crippen molar-refractivity contribution in [1.29, 1.82) is 0 Å². The number of nitrogens with one attached hydrogen (secondary N) is 1. The molecule has 5 aliphatic rings. The van der Waals surface area contributed by atoms with Gasteiger partial charge in [-0.3, -0.25) is 4.79 Å². The van der Waals surface area contributed by atoms with E-state index in [9.17, 15) is 14.7 Å². The average Bonchev–Trinajstić information content (AvgIpc) is 3.06. The highest BCUT2D eigenvalue weighted by Crippen LogP contribution is 2.65. The molecule has 0 radical (unpaired) electrons. The fourth-order valence-corrected chi connectivity index (χ4v) is 5.85. The molecule has 5 saturated carbocycles. The first-order valence-electron chi connectivity index (χ1n) is 7.91. The van der Waals surface area contributed by atoms with Crippen molar-refractivity contribution in [2.45, 2.75) is 63.8 Å². The van der Waals surface area contributed by atoms with Crippen LogP contribution in [0, 0.1) is 22.7 Å². The molecule has 0 spiro atoms. The molecule has 2 unspecified atom stereocenters. The van der Waals surface area contributed by atoms with Gasteiger partial charge in [0.25, 0.3) is 0 Å². The minimum absolute atomic E-state index is 0.0396. The lowest BCUT2D eigenvalue weighted by atomic mass is 9.44. The summed E-state index contributed by atoms with van der Waals surface area (Å²) in [6, 6.07) is 0. The number of carbonyl (C=O) groups excluding carboxylic acids is 1. The van der Waals surface area contributed by atoms with Crippen LogP contribution in [0.3, 0.4) is 0 Å². The Labute approximate surface area is 119 Å². The molecule has 0 aromatic carbocycles. The van der Waals surface area contributed by atoms with Crippen LogP contribution in [0.15, 0.2) is 0 Å². The predicted molar refractivity (Wildman–Crippen MR) is 73.0 cm³/mol. The highest BCUT2D eigenvalue weighted by Gasteiger charge is 2.61. The summed E-state index contributed by atoms with van der Waals surface area (Å²) in [5, 5.41) is 12.2. The van der Waals surface area contributed by atoms with E-state index in [1.807, 2.05) is 0 Å². The van der Waals surface area contributed by atoms with Gasteiger partial charge in [-0.25, -0.2) is 4.79 Å². The quantitative estimate of drug-likeness (QED) is 0.832. The summed E-state index contributed by atoms with van der Waals surface area (Å²) >= 11 is 0. The van der Waals surface area contributed by atoms with E-state index in [1.165, 1.54) is 19.3 Å². The van der Waals surface area contributed by atoms with Crippen LogP contribution < -0.4 is 5.32 Å². The highest BCUT2D eigenvalue weighted by molar-refractivity contribution is 5.92. The third kappa shape index (κ3) is 1.66. The van der Waals surface area contributed by atoms with Gasteiger partial charge in [0.05, 0.1) is 5.41 Å². The van der Waals surface area contributed by atoms with Crippen LogP contribution in [0.25, 0.3) is 0 Å². The Morgan fingerprint density at radius 2 is 1.70 bits per heavy atom. The number of rotatable bonds is 3. The lowest BCUT2D eigenvalue weighted by molar-refractivity contribution is -0.159. The number of carbonyl (C=O) groups is 2. The maximum Gasteiger partial charge on any atom is 0.329 e. The fraction of sp³-hybridized carbons (Fsp3) is 0.875. The van der Waals surface area contributed by atoms with Gasteiger partial charge >= 0.3 is 5.97 Å². The SMILES string of the molecule is CC12CC3CC(C1)CC(C(=O)NC1(C(=O)O)CC1)(C3)C2. The van der Waals surface area contributed by atoms with Gasteiger partial charge < -0.3 is 10.4 Å². The van der Waals surface area contributed by atoms with Crippen molar-refractivity contribution in [1.82, 2.24) is 5.32 Å². The molecule has 5 rings (SSSR count). The zero-order valence-corrected chi connectivity index (χ0v) is 12.1. The summed E-state index contributed by atoms with van der Waals surface area (Å²) in [7, 11) is 0. The number of hydrogen-bond donors (Lipinski definition) is 2. The molecule has 1 amide bonds. The molecule has 0 aromatic heterocycles. The van der Waals surface area contributed by atoms with Crippen molar-refractivity contribution < 1.29 is 14.7 Å². The van der Waals surface area contributed by atoms with E-state index in [4.69, 9.17) is 0 Å². The normalized spacial score (nSPS) is 47.0. The first-order valence-corrected chi connectivity index (χ1v) is 7.91. The van der Waals surface area contributed by atoms with Gasteiger partial charge in [-0.2, -0.15) is 0 Å². The molecular formula is C16H23NO3. The van der Waals surface area contributed by atoms with E-state index in [1.54, 1.807) is 0 Å². The Morgan fingerprint density at radius 1 is 1.10 bits per heavy atom. The summed E-state index contributed by atoms with van der Waals surface area (Å²) in [4.78, 5) is 24.1. The number of carboxylic acid groups (broad SMARTS) is 1. The summed E-state index contributed by atoms with van der Waals surface area (Å²) in [5.74, 6) is 0.554. The minimum Gasteiger partial charge on any atom is -0.480 e. The van der Waals surface area contributed by atoms with E-state index >= 15 is 0 Å². The van der Waals surface area contributed by atoms with Crippen molar-refractivity contribution in [2.75, 3.05) is 0 Å². The van der Waals surface area contributed by atoms with Crippen molar-refractivity contribution in [3.8, 4) is 0 Å². The fourth-order valence-electron chi connectivity index (χ4n) is 5.85. The van der Waals surface area contributed by atoms with Gasteiger partial charge in [-0.15, -0.1) is 0 Å². The average molecular weight is 277 g/mol. The number of hydrogen-bond acceptors (Lipinski definition) is 2. The summed E-state index contributed by atoms with van der Waals surface area (Å²) in [6.07, 6.45) is 7.94. The van der Waals surface area contributed by atoms with Crippen LogP contribution >= 0.6 is 0 Å². The third-order valence-corrected chi connectivity index (χ3v) is 6.35. The van der Waals surface area contributed by atoms with Crippen LogP contribution in [0.2, 0.25) is 0 Å². The standard InChI is InChI=1S/C16H23NO3/c1-14-5-10-4-11(6-14)8-15(7-10,9-14)12(18)17-16(2-3-16)13(19)20/h10-11H,2-9H2,1H3,(H,17,18)(H,19,20). The number of carboxylic acids is 1. The Hall–Kier alpha value is -1.06. The molecule has 5 aliphatic carbocycles. The van der Waals surface area contributed by atoms with Crippen molar-refractivity contribution in [2.24, 2.45) is 22.7 Å².